The second kappa shape index (κ2) is 8.46. The van der Waals surface area contributed by atoms with Gasteiger partial charge in [-0.15, -0.1) is 0 Å². The summed E-state index contributed by atoms with van der Waals surface area (Å²) in [7, 11) is 0. The highest BCUT2D eigenvalue weighted by atomic mass is 16.5. The Hall–Kier alpha value is -3.53. The monoisotopic (exact) mass is 406 g/mol. The molecule has 7 nitrogen and oxygen atoms in total. The molecular formula is C23H26N4O3. The maximum atomic E-state index is 11.1. The Morgan fingerprint density at radius 3 is 2.73 bits per heavy atom. The van der Waals surface area contributed by atoms with Gasteiger partial charge in [0.1, 0.15) is 35.3 Å². The number of aromatic nitrogens is 2. The Kier molecular flexibility index (Phi) is 5.57. The van der Waals surface area contributed by atoms with E-state index in [4.69, 9.17) is 9.47 Å². The Morgan fingerprint density at radius 2 is 2.07 bits per heavy atom. The first-order chi connectivity index (χ1) is 14.5. The van der Waals surface area contributed by atoms with Crippen molar-refractivity contribution < 1.29 is 15.7 Å². The van der Waals surface area contributed by atoms with E-state index in [0.29, 0.717) is 41.7 Å². The lowest BCUT2D eigenvalue weighted by atomic mass is 10.1. The van der Waals surface area contributed by atoms with Crippen LogP contribution in [-0.4, -0.2) is 34.9 Å². The van der Waals surface area contributed by atoms with Gasteiger partial charge in [0.05, 0.1) is 18.3 Å². The van der Waals surface area contributed by atoms with Crippen molar-refractivity contribution in [2.75, 3.05) is 13.2 Å². The van der Waals surface area contributed by atoms with Crippen molar-refractivity contribution in [1.29, 1.82) is 5.26 Å². The molecule has 2 aromatic carbocycles. The van der Waals surface area contributed by atoms with Gasteiger partial charge in [-0.25, -0.2) is 4.68 Å². The Labute approximate surface area is 176 Å². The average Bonchev–Trinajstić information content (AvgIpc) is 3.46. The summed E-state index contributed by atoms with van der Waals surface area (Å²) in [5, 5.41) is 17.9. The van der Waals surface area contributed by atoms with Crippen LogP contribution in [0.3, 0.4) is 0 Å². The number of hydrogen-bond donors (Lipinski definition) is 1. The highest BCUT2D eigenvalue weighted by Gasteiger charge is 2.23. The highest BCUT2D eigenvalue weighted by molar-refractivity contribution is 5.86. The van der Waals surface area contributed by atoms with Gasteiger partial charge in [-0.3, -0.25) is 4.79 Å². The quantitative estimate of drug-likeness (QED) is 0.614. The highest BCUT2D eigenvalue weighted by Crippen LogP contribution is 2.32. The zero-order valence-electron chi connectivity index (χ0n) is 17.1. The molecule has 1 heterocycles. The van der Waals surface area contributed by atoms with Crippen molar-refractivity contribution in [3.05, 3.63) is 48.2 Å². The molecule has 1 fully saturated rings. The molecule has 0 radical (unpaired) electrons. The molecule has 3 aromatic rings. The van der Waals surface area contributed by atoms with Crippen molar-refractivity contribution in [3.63, 3.8) is 0 Å². The molecule has 1 saturated carbocycles. The number of ether oxygens (including phenoxy) is 2. The lowest BCUT2D eigenvalue weighted by Crippen LogP contribution is -2.35. The fourth-order valence-corrected chi connectivity index (χ4v) is 3.23. The van der Waals surface area contributed by atoms with Crippen LogP contribution in [0, 0.1) is 17.2 Å². The summed E-state index contributed by atoms with van der Waals surface area (Å²) >= 11 is 0. The van der Waals surface area contributed by atoms with E-state index in [1.54, 1.807) is 4.68 Å². The summed E-state index contributed by atoms with van der Waals surface area (Å²) in [4.78, 5) is 11.1. The summed E-state index contributed by atoms with van der Waals surface area (Å²) in [5.41, 5.74) is 1.96. The molecule has 1 aromatic heterocycles. The molecule has 1 atom stereocenters. The van der Waals surface area contributed by atoms with Crippen LogP contribution < -0.4 is 14.8 Å². The zero-order chi connectivity index (χ0) is 21.1. The minimum atomic E-state index is -0.0787. The molecule has 0 bridgehead atoms. The molecule has 4 rings (SSSR count). The predicted octanol–water partition coefficient (Wildman–Crippen LogP) is 3.84. The van der Waals surface area contributed by atoms with E-state index >= 15 is 0 Å². The van der Waals surface area contributed by atoms with Gasteiger partial charge in [0.15, 0.2) is 0 Å². The van der Waals surface area contributed by atoms with Gasteiger partial charge in [0.25, 0.3) is 0 Å². The molecule has 30 heavy (non-hydrogen) atoms. The first-order valence-electron chi connectivity index (χ1n) is 10.1. The third kappa shape index (κ3) is 4.54. The Bertz CT molecular complexity index is 1100. The number of nitrogens with zero attached hydrogens (tertiary/aromatic N) is 3. The van der Waals surface area contributed by atoms with Crippen LogP contribution in [-0.2, 0) is 4.79 Å². The van der Waals surface area contributed by atoms with E-state index < -0.39 is 0 Å². The second-order valence-electron chi connectivity index (χ2n) is 7.72. The van der Waals surface area contributed by atoms with Crippen LogP contribution in [0.15, 0.2) is 42.6 Å². The minimum absolute atomic E-state index is 0. The Balaban J connectivity index is 0.00000272. The van der Waals surface area contributed by atoms with Gasteiger partial charge in [-0.1, -0.05) is 0 Å². The normalized spacial score (nSPS) is 14.2. The van der Waals surface area contributed by atoms with Crippen molar-refractivity contribution in [1.82, 2.24) is 15.1 Å². The topological polar surface area (TPSA) is 89.2 Å². The largest absolute Gasteiger partial charge is 0.492 e. The van der Waals surface area contributed by atoms with Crippen molar-refractivity contribution in [3.8, 4) is 23.3 Å². The predicted molar refractivity (Wildman–Crippen MR) is 115 cm³/mol. The molecule has 1 aliphatic rings. The first kappa shape index (κ1) is 19.8. The lowest BCUT2D eigenvalue weighted by molar-refractivity contribution is -0.119. The average molecular weight is 406 g/mol. The van der Waals surface area contributed by atoms with Crippen LogP contribution in [0.2, 0.25) is 0 Å². The number of nitrogens with one attached hydrogen (secondary N) is 1. The van der Waals surface area contributed by atoms with Crippen LogP contribution >= 0.6 is 0 Å². The van der Waals surface area contributed by atoms with Gasteiger partial charge in [-0.2, -0.15) is 10.4 Å². The molecular weight excluding hydrogens is 380 g/mol. The van der Waals surface area contributed by atoms with E-state index in [1.165, 1.54) is 19.8 Å². The van der Waals surface area contributed by atoms with Crippen molar-refractivity contribution >= 4 is 16.8 Å². The van der Waals surface area contributed by atoms with Crippen LogP contribution in [0.4, 0.5) is 0 Å². The number of carbonyl (C=O) groups is 1. The maximum Gasteiger partial charge on any atom is 0.217 e. The number of fused-ring (bicyclic) bond motifs is 1. The fourth-order valence-electron chi connectivity index (χ4n) is 3.23. The SMILES string of the molecule is CC(=O)N[C@@H](C)COc1ccc(-n2cc3ccc(OCC4CC4)c(C#N)c3n2)cc1.[HH]. The van der Waals surface area contributed by atoms with Gasteiger partial charge in [0, 0.05) is 19.9 Å². The molecule has 1 amide bonds. The lowest BCUT2D eigenvalue weighted by Gasteiger charge is -2.14. The van der Waals surface area contributed by atoms with Gasteiger partial charge >= 0.3 is 0 Å². The number of rotatable bonds is 8. The van der Waals surface area contributed by atoms with Crippen LogP contribution in [0.25, 0.3) is 16.6 Å². The molecule has 0 unspecified atom stereocenters. The summed E-state index contributed by atoms with van der Waals surface area (Å²) in [6.07, 6.45) is 4.30. The van der Waals surface area contributed by atoms with Gasteiger partial charge < -0.3 is 14.8 Å². The summed E-state index contributed by atoms with van der Waals surface area (Å²) in [6, 6.07) is 13.5. The smallest absolute Gasteiger partial charge is 0.217 e. The minimum Gasteiger partial charge on any atom is -0.492 e. The maximum absolute atomic E-state index is 11.1. The number of hydrogen-bond acceptors (Lipinski definition) is 5. The van der Waals surface area contributed by atoms with Crippen molar-refractivity contribution in [2.45, 2.75) is 32.7 Å². The molecule has 7 heteroatoms. The van der Waals surface area contributed by atoms with Gasteiger partial charge in [0.2, 0.25) is 5.91 Å². The Morgan fingerprint density at radius 1 is 1.30 bits per heavy atom. The number of benzene rings is 2. The zero-order valence-corrected chi connectivity index (χ0v) is 17.1. The van der Waals surface area contributed by atoms with Crippen LogP contribution in [0.5, 0.6) is 11.5 Å². The van der Waals surface area contributed by atoms with E-state index in [9.17, 15) is 10.1 Å². The molecule has 0 spiro atoms. The van der Waals surface area contributed by atoms with E-state index in [-0.39, 0.29) is 13.4 Å². The van der Waals surface area contributed by atoms with E-state index in [2.05, 4.69) is 16.5 Å². The summed E-state index contributed by atoms with van der Waals surface area (Å²) in [5.74, 6) is 1.84. The summed E-state index contributed by atoms with van der Waals surface area (Å²) < 4.78 is 13.3. The van der Waals surface area contributed by atoms with Gasteiger partial charge in [-0.05, 0) is 62.1 Å². The number of carbonyl (C=O) groups excluding carboxylic acids is 1. The molecule has 156 valence electrons. The number of amides is 1. The first-order valence-corrected chi connectivity index (χ1v) is 10.1. The van der Waals surface area contributed by atoms with Crippen LogP contribution in [0.1, 0.15) is 33.7 Å². The third-order valence-corrected chi connectivity index (χ3v) is 4.97. The second-order valence-corrected chi connectivity index (χ2v) is 7.72. The molecule has 0 aliphatic heterocycles. The third-order valence-electron chi connectivity index (χ3n) is 4.97. The van der Waals surface area contributed by atoms with E-state index in [0.717, 1.165) is 11.1 Å². The summed E-state index contributed by atoms with van der Waals surface area (Å²) in [6.45, 7) is 4.42. The van der Waals surface area contributed by atoms with Crippen molar-refractivity contribution in [2.24, 2.45) is 5.92 Å². The molecule has 1 N–H and O–H groups in total. The number of nitriles is 1. The molecule has 0 saturated heterocycles. The standard InChI is InChI=1S/C23H24N4O3.H2/c1-15(25-16(2)28)13-29-20-8-6-19(7-9-20)27-12-18-5-10-22(30-14-17-3-4-17)21(11-24)23(18)26-27;/h5-10,12,15,17H,3-4,13-14H2,1-2H3,(H,25,28);1H/t15-;/m0./s1. The fraction of sp³-hybridized carbons (Fsp3) is 0.348. The molecule has 1 aliphatic carbocycles. The van der Waals surface area contributed by atoms with E-state index in [1.807, 2.05) is 49.5 Å².